The van der Waals surface area contributed by atoms with E-state index in [9.17, 15) is 38.7 Å². The van der Waals surface area contributed by atoms with Gasteiger partial charge in [-0.25, -0.2) is 9.59 Å². The van der Waals surface area contributed by atoms with Gasteiger partial charge >= 0.3 is 12.1 Å². The van der Waals surface area contributed by atoms with Crippen LogP contribution in [0.25, 0.3) is 10.8 Å². The van der Waals surface area contributed by atoms with Crippen LogP contribution in [0.5, 0.6) is 0 Å². The van der Waals surface area contributed by atoms with E-state index in [0.717, 1.165) is 10.8 Å². The standard InChI is InChI=1S/C90H106Cl3N17O14/c1-52(2)43-71(80(114)101-70(24-13-14-41-96-53(3)4)88(122)110-42-16-25-78(110)87(121)97-54(5)79(94)113)102-82(116)74(46-57-29-36-64(37-30-57)99-89(123)108-68-22-11-9-20-66(68)92)104-84(118)75(47-58-31-38-65(39-32-58)100-90(124)109-69-23-12-10-21-67(69)93)106-86(120)77(51-111)107-85(119)76(49-60-17-15-40-95-50-60)105-83(117)73(45-56-27-34-63(91)35-28-56)103-81(115)72(98-55(6)112)48-59-26-33-61-18-7-8-19-62(61)44-59/h7-12,15,17-23,26-40,44,50,52-54,70-78,96,111H,13-14,16,24-25,41-43,45-49,51H2,1-6H3,(H2,94,113)(H,97,121)(H,98,112)(H,101,114)(H,102,116)(H,103,115)(H,104,118)(H,105,117)(H,106,120)(H,107,119)(H2,99,108,123)(H2,100,109,124)/t54-,70+,71+,72-,73-,74-,75+,76-,77+,78+/m1/s1. The molecular weight excluding hydrogens is 1650 g/mol. The lowest BCUT2D eigenvalue weighted by molar-refractivity contribution is -0.142. The number of aliphatic hydroxyl groups is 1. The number of carbonyl (C=O) groups excluding carboxylic acids is 13. The maximum Gasteiger partial charge on any atom is 0.323 e. The van der Waals surface area contributed by atoms with Gasteiger partial charge in [0.2, 0.25) is 65.0 Å². The molecule has 1 aliphatic heterocycles. The first kappa shape index (κ1) is 95.3. The van der Waals surface area contributed by atoms with Crippen molar-refractivity contribution in [1.29, 1.82) is 0 Å². The Hall–Kier alpha value is -12.6. The number of amides is 15. The van der Waals surface area contributed by atoms with E-state index in [-0.39, 0.29) is 79.2 Å². The summed E-state index contributed by atoms with van der Waals surface area (Å²) in [5.41, 5.74) is 9.06. The Balaban J connectivity index is 1.03. The molecule has 1 saturated heterocycles. The van der Waals surface area contributed by atoms with Crippen molar-refractivity contribution in [3.8, 4) is 0 Å². The molecule has 0 unspecified atom stereocenters. The fraction of sp³-hybridized carbons (Fsp3) is 0.356. The SMILES string of the molecule is CC(=O)N[C@H](Cc1ccc2ccccc2c1)C(=O)N[C@H](Cc1ccc(Cl)cc1)C(=O)N[C@H](Cc1cccnc1)C(=O)N[C@@H](CO)C(=O)N[C@@H](Cc1ccc(NC(=O)Nc2ccccc2Cl)cc1)C(=O)N[C@H](Cc1ccc(NC(=O)Nc2ccccc2Cl)cc1)C(=O)N[C@@H](CC(C)C)C(=O)N[C@@H](CCCCNC(C)C)C(=O)N1CCC[C@H]1C(=O)N[C@H](C)C(N)=O. The highest BCUT2D eigenvalue weighted by molar-refractivity contribution is 6.34. The molecule has 656 valence electrons. The first-order valence-electron chi connectivity index (χ1n) is 40.9. The van der Waals surface area contributed by atoms with Gasteiger partial charge in [-0.2, -0.15) is 0 Å². The highest BCUT2D eigenvalue weighted by Gasteiger charge is 2.41. The second kappa shape index (κ2) is 47.2. The molecule has 1 fully saturated rings. The number of halogens is 3. The van der Waals surface area contributed by atoms with E-state index in [4.69, 9.17) is 40.5 Å². The van der Waals surface area contributed by atoms with Gasteiger partial charge in [0, 0.05) is 80.4 Å². The molecule has 31 nitrogen and oxygen atoms in total. The van der Waals surface area contributed by atoms with Gasteiger partial charge in [-0.1, -0.05) is 172 Å². The molecule has 34 heteroatoms. The predicted octanol–water partition coefficient (Wildman–Crippen LogP) is 8.08. The molecule has 8 aromatic rings. The smallest absolute Gasteiger partial charge is 0.323 e. The molecule has 0 radical (unpaired) electrons. The fourth-order valence-electron chi connectivity index (χ4n) is 13.9. The number of rotatable bonds is 42. The Kier molecular flexibility index (Phi) is 36.3. The van der Waals surface area contributed by atoms with Crippen molar-refractivity contribution in [2.45, 2.75) is 179 Å². The molecular formula is C90H106Cl3N17O14. The van der Waals surface area contributed by atoms with Gasteiger partial charge in [0.25, 0.3) is 0 Å². The second-order valence-corrected chi connectivity index (χ2v) is 32.4. The number of aromatic nitrogens is 1. The third-order valence-electron chi connectivity index (χ3n) is 20.4. The van der Waals surface area contributed by atoms with E-state index in [1.54, 1.807) is 111 Å². The number of fused-ring (bicyclic) bond motifs is 1. The van der Waals surface area contributed by atoms with E-state index in [2.05, 4.69) is 79.4 Å². The van der Waals surface area contributed by atoms with E-state index in [1.165, 1.54) is 67.5 Å². The van der Waals surface area contributed by atoms with Gasteiger partial charge in [-0.05, 0) is 163 Å². The van der Waals surface area contributed by atoms with Gasteiger partial charge in [0.1, 0.15) is 60.4 Å². The lowest BCUT2D eigenvalue weighted by Crippen LogP contribution is -2.62. The topological polar surface area (TPSA) is 453 Å². The maximum atomic E-state index is 15.6. The molecule has 0 saturated carbocycles. The number of nitrogens with zero attached hydrogens (tertiary/aromatic N) is 2. The van der Waals surface area contributed by atoms with Crippen molar-refractivity contribution < 1.29 is 67.4 Å². The molecule has 1 aliphatic rings. The highest BCUT2D eigenvalue weighted by atomic mass is 35.5. The largest absolute Gasteiger partial charge is 0.394 e. The zero-order chi connectivity index (χ0) is 89.5. The van der Waals surface area contributed by atoms with Gasteiger partial charge < -0.3 is 90.2 Å². The van der Waals surface area contributed by atoms with Crippen molar-refractivity contribution >= 4 is 145 Å². The second-order valence-electron chi connectivity index (χ2n) is 31.1. The quantitative estimate of drug-likeness (QED) is 0.0161. The monoisotopic (exact) mass is 1750 g/mol. The van der Waals surface area contributed by atoms with E-state index >= 15 is 28.8 Å². The van der Waals surface area contributed by atoms with E-state index in [0.29, 0.717) is 75.7 Å². The number of unbranched alkanes of at least 4 members (excludes halogenated alkanes) is 1. The number of benzene rings is 7. The number of primary amides is 1. The van der Waals surface area contributed by atoms with Crippen molar-refractivity contribution in [2.24, 2.45) is 11.7 Å². The molecule has 9 rings (SSSR count). The Morgan fingerprint density at radius 1 is 0.460 bits per heavy atom. The zero-order valence-electron chi connectivity index (χ0n) is 69.6. The van der Waals surface area contributed by atoms with Crippen LogP contribution in [-0.4, -0.2) is 178 Å². The minimum atomic E-state index is -1.91. The van der Waals surface area contributed by atoms with Crippen LogP contribution in [0.3, 0.4) is 0 Å². The zero-order valence-corrected chi connectivity index (χ0v) is 71.9. The van der Waals surface area contributed by atoms with Crippen LogP contribution in [0.2, 0.25) is 15.1 Å². The molecule has 15 amide bonds. The number of pyridine rings is 1. The average Bonchev–Trinajstić information content (AvgIpc) is 1.59. The van der Waals surface area contributed by atoms with E-state index in [1.807, 2.05) is 56.3 Å². The summed E-state index contributed by atoms with van der Waals surface area (Å²) in [6.07, 6.45) is 3.55. The predicted molar refractivity (Wildman–Crippen MR) is 475 cm³/mol. The third kappa shape index (κ3) is 29.9. The Labute approximate surface area is 734 Å². The summed E-state index contributed by atoms with van der Waals surface area (Å²) in [4.78, 5) is 192. The molecule has 0 bridgehead atoms. The number of likely N-dealkylation sites (tertiary alicyclic amines) is 1. The molecule has 2 heterocycles. The summed E-state index contributed by atoms with van der Waals surface area (Å²) in [7, 11) is 0. The first-order chi connectivity index (χ1) is 59.3. The summed E-state index contributed by atoms with van der Waals surface area (Å²) in [6.45, 7) is 9.85. The maximum absolute atomic E-state index is 15.6. The average molecular weight is 1760 g/mol. The highest BCUT2D eigenvalue weighted by Crippen LogP contribution is 2.26. The number of urea groups is 2. The molecule has 10 atom stereocenters. The van der Waals surface area contributed by atoms with Crippen LogP contribution in [0, 0.1) is 5.92 Å². The minimum Gasteiger partial charge on any atom is -0.394 e. The van der Waals surface area contributed by atoms with Crippen molar-refractivity contribution in [1.82, 2.24) is 63.1 Å². The number of nitrogens with two attached hydrogens (primary N) is 1. The molecule has 1 aromatic heterocycles. The summed E-state index contributed by atoms with van der Waals surface area (Å²) < 4.78 is 0. The summed E-state index contributed by atoms with van der Waals surface area (Å²) in [5, 5.41) is 52.7. The van der Waals surface area contributed by atoms with Crippen molar-refractivity contribution in [2.75, 3.05) is 41.0 Å². The minimum absolute atomic E-state index is 0.0114. The van der Waals surface area contributed by atoms with E-state index < -0.39 is 150 Å². The fourth-order valence-corrected chi connectivity index (χ4v) is 14.4. The Morgan fingerprint density at radius 2 is 0.895 bits per heavy atom. The summed E-state index contributed by atoms with van der Waals surface area (Å²) >= 11 is 19.0. The number of para-hydroxylation sites is 2. The van der Waals surface area contributed by atoms with Gasteiger partial charge in [0.15, 0.2) is 0 Å². The Bertz CT molecular complexity index is 5050. The third-order valence-corrected chi connectivity index (χ3v) is 21.3. The lowest BCUT2D eigenvalue weighted by Gasteiger charge is -2.31. The lowest BCUT2D eigenvalue weighted by atomic mass is 9.99. The summed E-state index contributed by atoms with van der Waals surface area (Å²) in [5.74, 6) is -9.38. The van der Waals surface area contributed by atoms with Crippen LogP contribution >= 0.6 is 34.8 Å². The number of anilines is 4. The number of carbonyl (C=O) groups is 13. The summed E-state index contributed by atoms with van der Waals surface area (Å²) in [6, 6.07) is 32.9. The molecule has 17 N–H and O–H groups in total. The number of nitrogens with one attached hydrogen (secondary N) is 14. The van der Waals surface area contributed by atoms with Crippen LogP contribution in [0.4, 0.5) is 32.3 Å². The van der Waals surface area contributed by atoms with Crippen LogP contribution in [-0.2, 0) is 84.8 Å². The van der Waals surface area contributed by atoms with Crippen LogP contribution in [0.15, 0.2) is 188 Å². The van der Waals surface area contributed by atoms with Gasteiger partial charge in [0.05, 0.1) is 28.0 Å². The molecule has 0 spiro atoms. The van der Waals surface area contributed by atoms with Gasteiger partial charge in [-0.15, -0.1) is 0 Å². The number of hydrogen-bond donors (Lipinski definition) is 16. The number of hydrogen-bond acceptors (Lipinski definition) is 16. The number of aliphatic hydroxyl groups excluding tert-OH is 1. The first-order valence-corrected chi connectivity index (χ1v) is 42.1. The Morgan fingerprint density at radius 3 is 1.37 bits per heavy atom. The normalized spacial score (nSPS) is 14.5. The van der Waals surface area contributed by atoms with Crippen molar-refractivity contribution in [3.05, 3.63) is 231 Å². The van der Waals surface area contributed by atoms with Crippen LogP contribution in [0.1, 0.15) is 108 Å². The van der Waals surface area contributed by atoms with Gasteiger partial charge in [-0.3, -0.25) is 57.7 Å². The van der Waals surface area contributed by atoms with Crippen LogP contribution < -0.4 is 80.2 Å². The molecule has 0 aliphatic carbocycles. The molecule has 7 aromatic carbocycles. The molecule has 124 heavy (non-hydrogen) atoms. The van der Waals surface area contributed by atoms with Crippen molar-refractivity contribution in [3.63, 3.8) is 0 Å².